The number of benzene rings is 1. The first-order chi connectivity index (χ1) is 7.03. The molecular weight excluding hydrogens is 230 g/mol. The Hall–Kier alpha value is -0.680. The van der Waals surface area contributed by atoms with Crippen molar-refractivity contribution < 1.29 is 8.42 Å². The molecule has 5 heteroatoms. The number of thioether (sulfide) groups is 1. The van der Waals surface area contributed by atoms with Gasteiger partial charge in [0.05, 0.1) is 16.3 Å². The van der Waals surface area contributed by atoms with E-state index in [0.29, 0.717) is 4.90 Å². The van der Waals surface area contributed by atoms with Gasteiger partial charge in [-0.3, -0.25) is 0 Å². The van der Waals surface area contributed by atoms with Gasteiger partial charge in [-0.25, -0.2) is 8.42 Å². The van der Waals surface area contributed by atoms with Crippen molar-refractivity contribution in [2.45, 2.75) is 22.8 Å². The van der Waals surface area contributed by atoms with E-state index < -0.39 is 9.84 Å². The predicted octanol–water partition coefficient (Wildman–Crippen LogP) is 2.00. The first-order valence-corrected chi connectivity index (χ1v) is 7.58. The van der Waals surface area contributed by atoms with E-state index in [2.05, 4.69) is 5.32 Å². The van der Waals surface area contributed by atoms with E-state index in [0.717, 1.165) is 10.6 Å². The molecule has 0 spiro atoms. The van der Waals surface area contributed by atoms with E-state index in [-0.39, 0.29) is 11.8 Å². The molecule has 0 aromatic heterocycles. The van der Waals surface area contributed by atoms with E-state index in [1.165, 1.54) is 0 Å². The second-order valence-corrected chi connectivity index (χ2v) is 6.57. The average molecular weight is 243 g/mol. The van der Waals surface area contributed by atoms with Gasteiger partial charge < -0.3 is 5.32 Å². The van der Waals surface area contributed by atoms with Crippen molar-refractivity contribution in [3.63, 3.8) is 0 Å². The minimum atomic E-state index is -3.10. The Bertz CT molecular complexity index is 482. The molecule has 0 amide bonds. The van der Waals surface area contributed by atoms with Gasteiger partial charge in [0.15, 0.2) is 9.84 Å². The van der Waals surface area contributed by atoms with Crippen LogP contribution in [-0.4, -0.2) is 26.5 Å². The maximum absolute atomic E-state index is 11.9. The van der Waals surface area contributed by atoms with Crippen LogP contribution in [0.25, 0.3) is 0 Å². The van der Waals surface area contributed by atoms with Crippen LogP contribution in [0.5, 0.6) is 0 Å². The molecule has 0 bridgehead atoms. The molecule has 1 aliphatic rings. The highest BCUT2D eigenvalue weighted by molar-refractivity contribution is 7.98. The second kappa shape index (κ2) is 3.72. The predicted molar refractivity (Wildman–Crippen MR) is 63.4 cm³/mol. The largest absolute Gasteiger partial charge is 0.380 e. The number of hydrogen-bond acceptors (Lipinski definition) is 4. The van der Waals surface area contributed by atoms with Gasteiger partial charge >= 0.3 is 0 Å². The van der Waals surface area contributed by atoms with Crippen molar-refractivity contribution >= 4 is 27.3 Å². The van der Waals surface area contributed by atoms with Crippen LogP contribution in [-0.2, 0) is 9.84 Å². The molecule has 1 aromatic rings. The summed E-state index contributed by atoms with van der Waals surface area (Å²) in [5, 5.41) is 3.18. The Morgan fingerprint density at radius 3 is 2.87 bits per heavy atom. The summed E-state index contributed by atoms with van der Waals surface area (Å²) in [5.41, 5.74) is 0.728. The van der Waals surface area contributed by atoms with E-state index >= 15 is 0 Å². The Balaban J connectivity index is 2.59. The number of nitrogens with one attached hydrogen (secondary N) is 1. The first kappa shape index (κ1) is 10.8. The molecule has 2 rings (SSSR count). The van der Waals surface area contributed by atoms with Crippen LogP contribution in [0.1, 0.15) is 6.92 Å². The monoisotopic (exact) mass is 243 g/mol. The molecule has 1 aliphatic heterocycles. The van der Waals surface area contributed by atoms with Crippen LogP contribution in [0.2, 0.25) is 0 Å². The zero-order valence-corrected chi connectivity index (χ0v) is 10.3. The third kappa shape index (κ3) is 1.99. The van der Waals surface area contributed by atoms with Crippen LogP contribution < -0.4 is 5.32 Å². The zero-order valence-electron chi connectivity index (χ0n) is 8.65. The summed E-state index contributed by atoms with van der Waals surface area (Å²) in [7, 11) is -3.10. The molecule has 3 nitrogen and oxygen atoms in total. The molecule has 0 fully saturated rings. The maximum Gasteiger partial charge on any atom is 0.182 e. The summed E-state index contributed by atoms with van der Waals surface area (Å²) >= 11 is 1.55. The molecule has 1 heterocycles. The van der Waals surface area contributed by atoms with E-state index in [4.69, 9.17) is 0 Å². The molecule has 1 N–H and O–H groups in total. The van der Waals surface area contributed by atoms with Crippen molar-refractivity contribution in [2.24, 2.45) is 0 Å². The van der Waals surface area contributed by atoms with Gasteiger partial charge in [0.1, 0.15) is 0 Å². The minimum absolute atomic E-state index is 0.0115. The van der Waals surface area contributed by atoms with Crippen molar-refractivity contribution in [3.05, 3.63) is 18.2 Å². The van der Waals surface area contributed by atoms with E-state index in [9.17, 15) is 8.42 Å². The molecule has 1 unspecified atom stereocenters. The SMILES string of the molecule is CSc1ccc2c(c1)S(=O)(=O)CC(C)N2. The standard InChI is InChI=1S/C10H13NO2S2/c1-7-6-15(12,13)10-5-8(14-2)3-4-9(10)11-7/h3-5,7,11H,6H2,1-2H3. The van der Waals surface area contributed by atoms with Gasteiger partial charge in [0, 0.05) is 10.9 Å². The molecule has 0 saturated carbocycles. The number of anilines is 1. The highest BCUT2D eigenvalue weighted by Gasteiger charge is 2.27. The fourth-order valence-electron chi connectivity index (χ4n) is 1.73. The average Bonchev–Trinajstić information content (AvgIpc) is 2.16. The van der Waals surface area contributed by atoms with Gasteiger partial charge in [-0.2, -0.15) is 0 Å². The molecule has 0 aliphatic carbocycles. The summed E-state index contributed by atoms with van der Waals surface area (Å²) < 4.78 is 23.8. The summed E-state index contributed by atoms with van der Waals surface area (Å²) in [6.07, 6.45) is 1.94. The van der Waals surface area contributed by atoms with Crippen LogP contribution in [0.4, 0.5) is 5.69 Å². The highest BCUT2D eigenvalue weighted by atomic mass is 32.2. The lowest BCUT2D eigenvalue weighted by Crippen LogP contribution is -2.31. The number of hydrogen-bond donors (Lipinski definition) is 1. The summed E-state index contributed by atoms with van der Waals surface area (Å²) in [6, 6.07) is 5.51. The van der Waals surface area contributed by atoms with Gasteiger partial charge in [-0.05, 0) is 31.4 Å². The molecule has 15 heavy (non-hydrogen) atoms. The summed E-state index contributed by atoms with van der Waals surface area (Å²) in [6.45, 7) is 1.88. The zero-order chi connectivity index (χ0) is 11.1. The van der Waals surface area contributed by atoms with Crippen LogP contribution in [0.15, 0.2) is 28.0 Å². The maximum atomic E-state index is 11.9. The molecule has 82 valence electrons. The Labute approximate surface area is 94.2 Å². The highest BCUT2D eigenvalue weighted by Crippen LogP contribution is 2.31. The fraction of sp³-hybridized carbons (Fsp3) is 0.400. The summed E-state index contributed by atoms with van der Waals surface area (Å²) in [5.74, 6) is 0.178. The van der Waals surface area contributed by atoms with Gasteiger partial charge in [-0.1, -0.05) is 0 Å². The lowest BCUT2D eigenvalue weighted by Gasteiger charge is -2.24. The van der Waals surface area contributed by atoms with Gasteiger partial charge in [-0.15, -0.1) is 11.8 Å². The molecule has 1 atom stereocenters. The van der Waals surface area contributed by atoms with E-state index in [1.807, 2.05) is 25.3 Å². The first-order valence-electron chi connectivity index (χ1n) is 4.70. The van der Waals surface area contributed by atoms with Crippen molar-refractivity contribution in [1.82, 2.24) is 0 Å². The quantitative estimate of drug-likeness (QED) is 0.766. The van der Waals surface area contributed by atoms with Crippen molar-refractivity contribution in [3.8, 4) is 0 Å². The third-order valence-electron chi connectivity index (χ3n) is 2.40. The smallest absolute Gasteiger partial charge is 0.182 e. The Morgan fingerprint density at radius 1 is 1.47 bits per heavy atom. The summed E-state index contributed by atoms with van der Waals surface area (Å²) in [4.78, 5) is 1.42. The third-order valence-corrected chi connectivity index (χ3v) is 5.07. The van der Waals surface area contributed by atoms with Gasteiger partial charge in [0.25, 0.3) is 0 Å². The lowest BCUT2D eigenvalue weighted by molar-refractivity contribution is 0.588. The second-order valence-electron chi connectivity index (χ2n) is 3.69. The molecule has 0 saturated heterocycles. The topological polar surface area (TPSA) is 46.2 Å². The Morgan fingerprint density at radius 2 is 2.20 bits per heavy atom. The minimum Gasteiger partial charge on any atom is -0.380 e. The van der Waals surface area contributed by atoms with Crippen LogP contribution in [0.3, 0.4) is 0 Å². The van der Waals surface area contributed by atoms with E-state index in [1.54, 1.807) is 17.8 Å². The van der Waals surface area contributed by atoms with Crippen molar-refractivity contribution in [1.29, 1.82) is 0 Å². The number of rotatable bonds is 1. The van der Waals surface area contributed by atoms with Crippen LogP contribution >= 0.6 is 11.8 Å². The molecular formula is C10H13NO2S2. The normalized spacial score (nSPS) is 22.9. The van der Waals surface area contributed by atoms with Crippen LogP contribution in [0, 0.1) is 0 Å². The molecule has 0 radical (unpaired) electrons. The number of sulfone groups is 1. The van der Waals surface area contributed by atoms with Crippen molar-refractivity contribution in [2.75, 3.05) is 17.3 Å². The fourth-order valence-corrected chi connectivity index (χ4v) is 3.94. The molecule has 1 aromatic carbocycles. The van der Waals surface area contributed by atoms with Gasteiger partial charge in [0.2, 0.25) is 0 Å². The lowest BCUT2D eigenvalue weighted by atomic mass is 10.3. The number of fused-ring (bicyclic) bond motifs is 1. The Kier molecular flexibility index (Phi) is 2.68.